The van der Waals surface area contributed by atoms with Crippen molar-refractivity contribution in [3.63, 3.8) is 0 Å². The van der Waals surface area contributed by atoms with Crippen LogP contribution in [0.4, 0.5) is 5.69 Å². The van der Waals surface area contributed by atoms with Gasteiger partial charge in [0.05, 0.1) is 11.2 Å². The van der Waals surface area contributed by atoms with E-state index in [-0.39, 0.29) is 10.8 Å². The van der Waals surface area contributed by atoms with Gasteiger partial charge in [0.2, 0.25) is 10.0 Å². The minimum atomic E-state index is -3.70. The fraction of sp³-hybridized carbons (Fsp3) is 0.435. The molecule has 6 nitrogen and oxygen atoms in total. The minimum Gasteiger partial charge on any atom is -0.492 e. The van der Waals surface area contributed by atoms with E-state index in [9.17, 15) is 13.2 Å². The molecular weight excluding hydrogens is 464 g/mol. The van der Waals surface area contributed by atoms with Crippen molar-refractivity contribution >= 4 is 45.1 Å². The summed E-state index contributed by atoms with van der Waals surface area (Å²) in [4.78, 5) is 12.9. The van der Waals surface area contributed by atoms with E-state index in [4.69, 9.17) is 4.74 Å². The largest absolute Gasteiger partial charge is 0.492 e. The van der Waals surface area contributed by atoms with Gasteiger partial charge in [-0.15, -0.1) is 23.5 Å². The fourth-order valence-corrected chi connectivity index (χ4v) is 8.39. The number of thioether (sulfide) groups is 2. The van der Waals surface area contributed by atoms with Crippen molar-refractivity contribution in [2.75, 3.05) is 36.5 Å². The van der Waals surface area contributed by atoms with Gasteiger partial charge in [-0.25, -0.2) is 8.42 Å². The summed E-state index contributed by atoms with van der Waals surface area (Å²) in [5.41, 5.74) is 2.18. The normalized spacial score (nSPS) is 17.9. The molecule has 1 N–H and O–H groups in total. The van der Waals surface area contributed by atoms with Crippen molar-refractivity contribution in [2.45, 2.75) is 35.7 Å². The molecule has 2 aliphatic rings. The van der Waals surface area contributed by atoms with E-state index in [1.54, 1.807) is 12.1 Å². The van der Waals surface area contributed by atoms with Gasteiger partial charge in [0, 0.05) is 35.8 Å². The Hall–Kier alpha value is -1.68. The first kappa shape index (κ1) is 23.5. The number of nitrogens with zero attached hydrogens (tertiary/aromatic N) is 1. The Labute approximate surface area is 198 Å². The fourth-order valence-electron chi connectivity index (χ4n) is 3.85. The van der Waals surface area contributed by atoms with Crippen LogP contribution in [0.5, 0.6) is 5.75 Å². The number of ether oxygens (including phenoxy) is 1. The number of hydrogen-bond acceptors (Lipinski definition) is 6. The molecule has 0 unspecified atom stereocenters. The zero-order valence-electron chi connectivity index (χ0n) is 18.1. The molecule has 0 bridgehead atoms. The van der Waals surface area contributed by atoms with Crippen molar-refractivity contribution in [1.29, 1.82) is 0 Å². The van der Waals surface area contributed by atoms with Crippen LogP contribution >= 0.6 is 23.5 Å². The highest BCUT2D eigenvalue weighted by Gasteiger charge is 2.29. The molecule has 0 saturated carbocycles. The minimum absolute atomic E-state index is 0.102. The van der Waals surface area contributed by atoms with Gasteiger partial charge in [0.15, 0.2) is 0 Å². The highest BCUT2D eigenvalue weighted by Crippen LogP contribution is 2.45. The van der Waals surface area contributed by atoms with E-state index < -0.39 is 10.0 Å². The SMILES string of the molecule is CCOc1ccc(NC(=O)c2ccc(C3SCCS3)cc2)cc1S(=O)(=O)N1CCCCC1. The molecule has 1 amide bonds. The topological polar surface area (TPSA) is 75.7 Å². The lowest BCUT2D eigenvalue weighted by Gasteiger charge is -2.27. The van der Waals surface area contributed by atoms with Crippen molar-refractivity contribution < 1.29 is 17.9 Å². The number of carbonyl (C=O) groups is 1. The van der Waals surface area contributed by atoms with Crippen molar-refractivity contribution in [2.24, 2.45) is 0 Å². The molecular formula is C23H28N2O4S3. The van der Waals surface area contributed by atoms with Crippen LogP contribution in [0.25, 0.3) is 0 Å². The standard InChI is InChI=1S/C23H28N2O4S3/c1-2-29-20-11-10-19(16-21(20)32(27,28)25-12-4-3-5-13-25)24-22(26)17-6-8-18(9-7-17)23-30-14-15-31-23/h6-11,16,23H,2-5,12-15H2,1H3,(H,24,26). The molecule has 2 fully saturated rings. The van der Waals surface area contributed by atoms with Gasteiger partial charge in [-0.1, -0.05) is 18.6 Å². The molecule has 0 aromatic heterocycles. The van der Waals surface area contributed by atoms with E-state index in [0.717, 1.165) is 30.8 Å². The van der Waals surface area contributed by atoms with Crippen molar-refractivity contribution in [3.8, 4) is 5.75 Å². The second-order valence-electron chi connectivity index (χ2n) is 7.71. The quantitative estimate of drug-likeness (QED) is 0.587. The van der Waals surface area contributed by atoms with Crippen LogP contribution < -0.4 is 10.1 Å². The molecule has 2 aromatic rings. The van der Waals surface area contributed by atoms with Crippen LogP contribution in [0.15, 0.2) is 47.4 Å². The van der Waals surface area contributed by atoms with Gasteiger partial charge in [-0.3, -0.25) is 4.79 Å². The van der Waals surface area contributed by atoms with E-state index in [0.29, 0.717) is 41.3 Å². The first-order valence-electron chi connectivity index (χ1n) is 10.9. The van der Waals surface area contributed by atoms with Crippen LogP contribution in [0.3, 0.4) is 0 Å². The lowest BCUT2D eigenvalue weighted by molar-refractivity contribution is 0.102. The van der Waals surface area contributed by atoms with Crippen LogP contribution in [0.2, 0.25) is 0 Å². The van der Waals surface area contributed by atoms with E-state index in [1.165, 1.54) is 15.9 Å². The average molecular weight is 493 g/mol. The number of amides is 1. The zero-order chi connectivity index (χ0) is 22.6. The third-order valence-corrected chi connectivity index (χ3v) is 10.5. The molecule has 172 valence electrons. The van der Waals surface area contributed by atoms with Crippen LogP contribution in [-0.4, -0.2) is 49.8 Å². The molecule has 32 heavy (non-hydrogen) atoms. The third-order valence-electron chi connectivity index (χ3n) is 5.50. The Morgan fingerprint density at radius 2 is 1.75 bits per heavy atom. The number of nitrogens with one attached hydrogen (secondary N) is 1. The Morgan fingerprint density at radius 1 is 1.06 bits per heavy atom. The van der Waals surface area contributed by atoms with E-state index in [1.807, 2.05) is 54.7 Å². The maximum Gasteiger partial charge on any atom is 0.255 e. The van der Waals surface area contributed by atoms with Gasteiger partial charge < -0.3 is 10.1 Å². The summed E-state index contributed by atoms with van der Waals surface area (Å²) in [6.45, 7) is 3.19. The summed E-state index contributed by atoms with van der Waals surface area (Å²) in [5.74, 6) is 2.34. The summed E-state index contributed by atoms with van der Waals surface area (Å²) in [6.07, 6.45) is 2.75. The van der Waals surface area contributed by atoms with Crippen LogP contribution in [0, 0.1) is 0 Å². The summed E-state index contributed by atoms with van der Waals surface area (Å²) < 4.78 is 34.1. The highest BCUT2D eigenvalue weighted by atomic mass is 32.2. The number of benzene rings is 2. The van der Waals surface area contributed by atoms with Crippen molar-refractivity contribution in [3.05, 3.63) is 53.6 Å². The Morgan fingerprint density at radius 3 is 2.41 bits per heavy atom. The maximum atomic E-state index is 13.3. The average Bonchev–Trinajstić information content (AvgIpc) is 3.36. The second-order valence-corrected chi connectivity index (χ2v) is 12.3. The number of sulfonamides is 1. The molecule has 0 aliphatic carbocycles. The van der Waals surface area contributed by atoms with Crippen molar-refractivity contribution in [1.82, 2.24) is 4.31 Å². The summed E-state index contributed by atoms with van der Waals surface area (Å²) in [7, 11) is -3.70. The van der Waals surface area contributed by atoms with Gasteiger partial charge in [-0.05, 0) is 55.7 Å². The van der Waals surface area contributed by atoms with Crippen LogP contribution in [-0.2, 0) is 10.0 Å². The molecule has 2 aromatic carbocycles. The van der Waals surface area contributed by atoms with Gasteiger partial charge in [0.25, 0.3) is 5.91 Å². The lowest BCUT2D eigenvalue weighted by atomic mass is 10.1. The molecule has 2 aliphatic heterocycles. The predicted molar refractivity (Wildman–Crippen MR) is 132 cm³/mol. The van der Waals surface area contributed by atoms with Gasteiger partial charge in [0.1, 0.15) is 10.6 Å². The third kappa shape index (κ3) is 5.27. The Balaban J connectivity index is 1.54. The number of piperidine rings is 1. The number of carbonyl (C=O) groups excluding carboxylic acids is 1. The van der Waals surface area contributed by atoms with Gasteiger partial charge >= 0.3 is 0 Å². The number of anilines is 1. The summed E-state index contributed by atoms with van der Waals surface area (Å²) in [6, 6.07) is 12.4. The smallest absolute Gasteiger partial charge is 0.255 e. The lowest BCUT2D eigenvalue weighted by Crippen LogP contribution is -2.35. The Kier molecular flexibility index (Phi) is 7.70. The molecule has 0 atom stereocenters. The molecule has 0 radical (unpaired) electrons. The molecule has 9 heteroatoms. The van der Waals surface area contributed by atoms with Gasteiger partial charge in [-0.2, -0.15) is 4.31 Å². The highest BCUT2D eigenvalue weighted by molar-refractivity contribution is 8.19. The molecule has 0 spiro atoms. The molecule has 2 saturated heterocycles. The molecule has 4 rings (SSSR count). The number of rotatable bonds is 7. The zero-order valence-corrected chi connectivity index (χ0v) is 20.5. The first-order valence-corrected chi connectivity index (χ1v) is 14.4. The van der Waals surface area contributed by atoms with E-state index in [2.05, 4.69) is 5.32 Å². The summed E-state index contributed by atoms with van der Waals surface area (Å²) in [5, 5.41) is 2.84. The monoisotopic (exact) mass is 492 g/mol. The maximum absolute atomic E-state index is 13.3. The predicted octanol–water partition coefficient (Wildman–Crippen LogP) is 4.99. The summed E-state index contributed by atoms with van der Waals surface area (Å²) >= 11 is 3.85. The Bertz CT molecular complexity index is 1050. The number of hydrogen-bond donors (Lipinski definition) is 1. The first-order chi connectivity index (χ1) is 15.5. The molecule has 2 heterocycles. The second kappa shape index (κ2) is 10.5. The van der Waals surface area contributed by atoms with Crippen LogP contribution in [0.1, 0.15) is 46.7 Å². The van der Waals surface area contributed by atoms with E-state index >= 15 is 0 Å².